The summed E-state index contributed by atoms with van der Waals surface area (Å²) in [6.45, 7) is 1.72. The van der Waals surface area contributed by atoms with Gasteiger partial charge in [-0.3, -0.25) is 4.98 Å². The summed E-state index contributed by atoms with van der Waals surface area (Å²) in [4.78, 5) is 6.24. The maximum atomic E-state index is 10.8. The number of thiazole rings is 1. The van der Waals surface area contributed by atoms with Gasteiger partial charge >= 0.3 is 0 Å². The molecular weight excluding hydrogens is 220 g/mol. The lowest BCUT2D eigenvalue weighted by atomic mass is 10.1. The standard InChI is InChI=1S/C8H12N2O2S2/c11-14(12)7-1-3-10(4-2-7)8-5-9-6-13-8/h5-7H,1-4H2,(H,11,12). The molecule has 1 aliphatic rings. The molecule has 1 N–H and O–H groups in total. The average molecular weight is 232 g/mol. The molecule has 4 nitrogen and oxygen atoms in total. The van der Waals surface area contributed by atoms with Crippen LogP contribution in [-0.4, -0.2) is 32.1 Å². The van der Waals surface area contributed by atoms with Crippen molar-refractivity contribution in [3.63, 3.8) is 0 Å². The van der Waals surface area contributed by atoms with E-state index < -0.39 is 11.1 Å². The SMILES string of the molecule is O=S(O)C1CCN(c2cncs2)CC1. The molecule has 1 aromatic rings. The first kappa shape index (κ1) is 10.1. The lowest BCUT2D eigenvalue weighted by molar-refractivity contribution is 0.509. The second-order valence-electron chi connectivity index (χ2n) is 3.30. The van der Waals surface area contributed by atoms with Gasteiger partial charge in [0.2, 0.25) is 0 Å². The molecule has 0 spiro atoms. The van der Waals surface area contributed by atoms with Gasteiger partial charge in [-0.25, -0.2) is 4.21 Å². The van der Waals surface area contributed by atoms with Gasteiger partial charge in [0.1, 0.15) is 5.00 Å². The largest absolute Gasteiger partial charge is 0.362 e. The minimum absolute atomic E-state index is 0.0424. The zero-order chi connectivity index (χ0) is 9.97. The molecule has 1 atom stereocenters. The Kier molecular flexibility index (Phi) is 3.15. The van der Waals surface area contributed by atoms with E-state index in [1.54, 1.807) is 11.3 Å². The number of piperidine rings is 1. The third-order valence-electron chi connectivity index (χ3n) is 2.46. The molecule has 14 heavy (non-hydrogen) atoms. The molecule has 1 saturated heterocycles. The average Bonchev–Trinajstić information content (AvgIpc) is 2.71. The Bertz CT molecular complexity index is 307. The van der Waals surface area contributed by atoms with Gasteiger partial charge in [0.15, 0.2) is 11.1 Å². The summed E-state index contributed by atoms with van der Waals surface area (Å²) in [6.07, 6.45) is 3.43. The molecular formula is C8H12N2O2S2. The van der Waals surface area contributed by atoms with Crippen molar-refractivity contribution in [3.05, 3.63) is 11.7 Å². The van der Waals surface area contributed by atoms with Gasteiger partial charge in [-0.1, -0.05) is 0 Å². The zero-order valence-corrected chi connectivity index (χ0v) is 9.26. The van der Waals surface area contributed by atoms with Crippen LogP contribution in [0.2, 0.25) is 0 Å². The summed E-state index contributed by atoms with van der Waals surface area (Å²) in [5, 5.41) is 1.12. The maximum absolute atomic E-state index is 10.8. The first-order valence-electron chi connectivity index (χ1n) is 4.50. The van der Waals surface area contributed by atoms with E-state index in [0.29, 0.717) is 0 Å². The third kappa shape index (κ3) is 2.13. The monoisotopic (exact) mass is 232 g/mol. The summed E-state index contributed by atoms with van der Waals surface area (Å²) in [6, 6.07) is 0. The number of anilines is 1. The van der Waals surface area contributed by atoms with Crippen LogP contribution in [0.4, 0.5) is 5.00 Å². The van der Waals surface area contributed by atoms with E-state index in [9.17, 15) is 4.21 Å². The number of hydrogen-bond acceptors (Lipinski definition) is 4. The molecule has 0 radical (unpaired) electrons. The maximum Gasteiger partial charge on any atom is 0.156 e. The van der Waals surface area contributed by atoms with Gasteiger partial charge in [0.25, 0.3) is 0 Å². The molecule has 2 heterocycles. The minimum atomic E-state index is -1.65. The highest BCUT2D eigenvalue weighted by molar-refractivity contribution is 7.79. The second-order valence-corrected chi connectivity index (χ2v) is 5.39. The lowest BCUT2D eigenvalue weighted by Gasteiger charge is -2.30. The van der Waals surface area contributed by atoms with Crippen molar-refractivity contribution in [2.24, 2.45) is 0 Å². The highest BCUT2D eigenvalue weighted by Crippen LogP contribution is 2.24. The Labute approximate surface area is 89.2 Å². The highest BCUT2D eigenvalue weighted by atomic mass is 32.2. The van der Waals surface area contributed by atoms with Crippen molar-refractivity contribution >= 4 is 27.4 Å². The Morgan fingerprint density at radius 1 is 1.57 bits per heavy atom. The van der Waals surface area contributed by atoms with Crippen LogP contribution in [0.15, 0.2) is 11.7 Å². The molecule has 0 aromatic carbocycles. The molecule has 0 saturated carbocycles. The highest BCUT2D eigenvalue weighted by Gasteiger charge is 2.23. The van der Waals surface area contributed by atoms with Crippen molar-refractivity contribution in [1.29, 1.82) is 0 Å². The molecule has 1 aliphatic heterocycles. The smallest absolute Gasteiger partial charge is 0.156 e. The Morgan fingerprint density at radius 2 is 2.29 bits per heavy atom. The number of rotatable bonds is 2. The number of hydrogen-bond donors (Lipinski definition) is 1. The van der Waals surface area contributed by atoms with E-state index in [0.717, 1.165) is 30.9 Å². The van der Waals surface area contributed by atoms with Crippen LogP contribution in [0.25, 0.3) is 0 Å². The quantitative estimate of drug-likeness (QED) is 0.782. The topological polar surface area (TPSA) is 53.4 Å². The van der Waals surface area contributed by atoms with E-state index in [2.05, 4.69) is 9.88 Å². The Balaban J connectivity index is 1.93. The fourth-order valence-corrected chi connectivity index (χ4v) is 2.94. The van der Waals surface area contributed by atoms with E-state index in [4.69, 9.17) is 4.55 Å². The lowest BCUT2D eigenvalue weighted by Crippen LogP contribution is -2.37. The first-order valence-corrected chi connectivity index (χ1v) is 6.55. The molecule has 6 heteroatoms. The van der Waals surface area contributed by atoms with Crippen LogP contribution >= 0.6 is 11.3 Å². The summed E-state index contributed by atoms with van der Waals surface area (Å²) >= 11 is -0.0371. The predicted octanol–water partition coefficient (Wildman–Crippen LogP) is 1.33. The summed E-state index contributed by atoms with van der Waals surface area (Å²) in [7, 11) is 0. The van der Waals surface area contributed by atoms with Crippen LogP contribution in [0.1, 0.15) is 12.8 Å². The van der Waals surface area contributed by atoms with Gasteiger partial charge < -0.3 is 9.45 Å². The van der Waals surface area contributed by atoms with Gasteiger partial charge in [0.05, 0.1) is 17.0 Å². The van der Waals surface area contributed by atoms with Crippen molar-refractivity contribution in [3.8, 4) is 0 Å². The molecule has 1 aromatic heterocycles. The van der Waals surface area contributed by atoms with Gasteiger partial charge in [-0.2, -0.15) is 0 Å². The number of nitrogens with zero attached hydrogens (tertiary/aromatic N) is 2. The molecule has 78 valence electrons. The first-order chi connectivity index (χ1) is 6.77. The predicted molar refractivity (Wildman–Crippen MR) is 58.1 cm³/mol. The van der Waals surface area contributed by atoms with E-state index in [1.807, 2.05) is 11.7 Å². The summed E-state index contributed by atoms with van der Waals surface area (Å²) in [5.41, 5.74) is 1.81. The van der Waals surface area contributed by atoms with Gasteiger partial charge in [-0.15, -0.1) is 11.3 Å². The molecule has 0 aliphatic carbocycles. The van der Waals surface area contributed by atoms with Crippen molar-refractivity contribution in [2.75, 3.05) is 18.0 Å². The Hall–Kier alpha value is -0.460. The Morgan fingerprint density at radius 3 is 2.79 bits per heavy atom. The molecule has 0 bridgehead atoms. The van der Waals surface area contributed by atoms with Crippen LogP contribution < -0.4 is 4.90 Å². The molecule has 1 unspecified atom stereocenters. The summed E-state index contributed by atoms with van der Waals surface area (Å²) < 4.78 is 19.8. The molecule has 0 amide bonds. The minimum Gasteiger partial charge on any atom is -0.362 e. The van der Waals surface area contributed by atoms with Crippen molar-refractivity contribution < 1.29 is 8.76 Å². The zero-order valence-electron chi connectivity index (χ0n) is 7.63. The van der Waals surface area contributed by atoms with Crippen LogP contribution in [0, 0.1) is 0 Å². The molecule has 1 fully saturated rings. The fraction of sp³-hybridized carbons (Fsp3) is 0.625. The van der Waals surface area contributed by atoms with Crippen LogP contribution in [0.3, 0.4) is 0 Å². The van der Waals surface area contributed by atoms with E-state index in [-0.39, 0.29) is 5.25 Å². The van der Waals surface area contributed by atoms with Crippen LogP contribution in [0.5, 0.6) is 0 Å². The molecule has 2 rings (SSSR count). The normalized spacial score (nSPS) is 21.1. The second kappa shape index (κ2) is 4.37. The van der Waals surface area contributed by atoms with Gasteiger partial charge in [-0.05, 0) is 12.8 Å². The summed E-state index contributed by atoms with van der Waals surface area (Å²) in [5.74, 6) is 0. The van der Waals surface area contributed by atoms with E-state index in [1.165, 1.54) is 0 Å². The van der Waals surface area contributed by atoms with E-state index >= 15 is 0 Å². The van der Waals surface area contributed by atoms with Crippen LogP contribution in [-0.2, 0) is 11.1 Å². The van der Waals surface area contributed by atoms with Gasteiger partial charge in [0, 0.05) is 13.1 Å². The number of aromatic nitrogens is 1. The third-order valence-corrected chi connectivity index (χ3v) is 4.33. The fourth-order valence-electron chi connectivity index (χ4n) is 1.64. The van der Waals surface area contributed by atoms with Crippen molar-refractivity contribution in [1.82, 2.24) is 4.98 Å². The van der Waals surface area contributed by atoms with Crippen molar-refractivity contribution in [2.45, 2.75) is 18.1 Å².